The highest BCUT2D eigenvalue weighted by molar-refractivity contribution is 5.80. The first kappa shape index (κ1) is 13.5. The van der Waals surface area contributed by atoms with Gasteiger partial charge in [-0.2, -0.15) is 0 Å². The molecule has 2 N–H and O–H groups in total. The highest BCUT2D eigenvalue weighted by Crippen LogP contribution is 2.32. The largest absolute Gasteiger partial charge is 0.481 e. The smallest absolute Gasteiger partial charge is 0.305 e. The highest BCUT2D eigenvalue weighted by Gasteiger charge is 2.37. The lowest BCUT2D eigenvalue weighted by Gasteiger charge is -2.28. The van der Waals surface area contributed by atoms with Crippen molar-refractivity contribution in [2.24, 2.45) is 0 Å². The normalized spacial score (nSPS) is 17.1. The Morgan fingerprint density at radius 1 is 1.32 bits per heavy atom. The monoisotopic (exact) mass is 262 g/mol. The van der Waals surface area contributed by atoms with Gasteiger partial charge in [0.2, 0.25) is 5.91 Å². The van der Waals surface area contributed by atoms with Crippen LogP contribution in [0.2, 0.25) is 0 Å². The minimum absolute atomic E-state index is 0.000951. The van der Waals surface area contributed by atoms with E-state index < -0.39 is 11.5 Å². The van der Waals surface area contributed by atoms with E-state index in [-0.39, 0.29) is 18.7 Å². The van der Waals surface area contributed by atoms with Crippen LogP contribution in [0.5, 0.6) is 0 Å². The van der Waals surface area contributed by atoms with Gasteiger partial charge in [0.25, 0.3) is 0 Å². The number of pyridine rings is 1. The summed E-state index contributed by atoms with van der Waals surface area (Å²) in [4.78, 5) is 27.0. The summed E-state index contributed by atoms with van der Waals surface area (Å²) in [5.74, 6) is -1.01. The fourth-order valence-corrected chi connectivity index (χ4v) is 2.69. The number of carboxylic acid groups (broad SMARTS) is 1. The molecule has 1 saturated carbocycles. The lowest BCUT2D eigenvalue weighted by atomic mass is 9.93. The summed E-state index contributed by atoms with van der Waals surface area (Å²) in [7, 11) is 0. The molecule has 0 saturated heterocycles. The SMILES string of the molecule is O=C(O)CC1(NC(=O)Cc2ccccn2)CCCC1. The van der Waals surface area contributed by atoms with Gasteiger partial charge < -0.3 is 10.4 Å². The third-order valence-electron chi connectivity index (χ3n) is 3.52. The minimum atomic E-state index is -0.861. The molecular formula is C14H18N2O3. The van der Waals surface area contributed by atoms with Gasteiger partial charge in [0.05, 0.1) is 18.4 Å². The number of aliphatic carboxylic acids is 1. The maximum Gasteiger partial charge on any atom is 0.305 e. The Hall–Kier alpha value is -1.91. The Balaban J connectivity index is 1.97. The third kappa shape index (κ3) is 3.77. The van der Waals surface area contributed by atoms with E-state index in [2.05, 4.69) is 10.3 Å². The zero-order chi connectivity index (χ0) is 13.7. The third-order valence-corrected chi connectivity index (χ3v) is 3.52. The Labute approximate surface area is 112 Å². The summed E-state index contributed by atoms with van der Waals surface area (Å²) in [5.41, 5.74) is 0.140. The lowest BCUT2D eigenvalue weighted by molar-refractivity contribution is -0.139. The van der Waals surface area contributed by atoms with Crippen LogP contribution in [0, 0.1) is 0 Å². The zero-order valence-corrected chi connectivity index (χ0v) is 10.8. The van der Waals surface area contributed by atoms with Crippen LogP contribution in [-0.4, -0.2) is 27.5 Å². The molecule has 0 spiro atoms. The fraction of sp³-hybridized carbons (Fsp3) is 0.500. The first-order valence-electron chi connectivity index (χ1n) is 6.52. The predicted molar refractivity (Wildman–Crippen MR) is 69.5 cm³/mol. The average molecular weight is 262 g/mol. The molecule has 1 fully saturated rings. The van der Waals surface area contributed by atoms with Crippen molar-refractivity contribution in [1.29, 1.82) is 0 Å². The molecule has 1 aromatic rings. The molecule has 0 radical (unpaired) electrons. The maximum atomic E-state index is 12.0. The van der Waals surface area contributed by atoms with E-state index in [0.717, 1.165) is 25.7 Å². The van der Waals surface area contributed by atoms with Crippen molar-refractivity contribution in [2.75, 3.05) is 0 Å². The number of carbonyl (C=O) groups excluding carboxylic acids is 1. The van der Waals surface area contributed by atoms with Crippen molar-refractivity contribution < 1.29 is 14.7 Å². The molecule has 1 aliphatic carbocycles. The molecule has 0 aliphatic heterocycles. The Morgan fingerprint density at radius 2 is 2.05 bits per heavy atom. The van der Waals surface area contributed by atoms with Gasteiger partial charge in [0.1, 0.15) is 0 Å². The molecular weight excluding hydrogens is 244 g/mol. The number of hydrogen-bond acceptors (Lipinski definition) is 3. The van der Waals surface area contributed by atoms with Crippen molar-refractivity contribution in [2.45, 2.75) is 44.1 Å². The van der Waals surface area contributed by atoms with E-state index in [1.165, 1.54) is 0 Å². The molecule has 0 bridgehead atoms. The number of aromatic nitrogens is 1. The maximum absolute atomic E-state index is 12.0. The lowest BCUT2D eigenvalue weighted by Crippen LogP contribution is -2.48. The molecule has 0 atom stereocenters. The minimum Gasteiger partial charge on any atom is -0.481 e. The van der Waals surface area contributed by atoms with Gasteiger partial charge in [-0.25, -0.2) is 0 Å². The standard InChI is InChI=1S/C14H18N2O3/c17-12(9-11-5-1-4-8-15-11)16-14(10-13(18)19)6-2-3-7-14/h1,4-5,8H,2-3,6-7,9-10H2,(H,16,17)(H,18,19). The van der Waals surface area contributed by atoms with Crippen molar-refractivity contribution in [1.82, 2.24) is 10.3 Å². The second kappa shape index (κ2) is 5.82. The summed E-state index contributed by atoms with van der Waals surface area (Å²) in [6.07, 6.45) is 5.27. The van der Waals surface area contributed by atoms with E-state index in [1.807, 2.05) is 6.07 Å². The van der Waals surface area contributed by atoms with Crippen molar-refractivity contribution in [3.63, 3.8) is 0 Å². The van der Waals surface area contributed by atoms with Crippen LogP contribution >= 0.6 is 0 Å². The zero-order valence-electron chi connectivity index (χ0n) is 10.8. The fourth-order valence-electron chi connectivity index (χ4n) is 2.69. The summed E-state index contributed by atoms with van der Waals surface area (Å²) in [6.45, 7) is 0. The molecule has 1 aromatic heterocycles. The molecule has 1 heterocycles. The number of carboxylic acids is 1. The van der Waals surface area contributed by atoms with Gasteiger partial charge in [0.15, 0.2) is 0 Å². The molecule has 19 heavy (non-hydrogen) atoms. The van der Waals surface area contributed by atoms with Crippen molar-refractivity contribution >= 4 is 11.9 Å². The molecule has 2 rings (SSSR count). The molecule has 5 heteroatoms. The van der Waals surface area contributed by atoms with Gasteiger partial charge in [-0.15, -0.1) is 0 Å². The van der Waals surface area contributed by atoms with E-state index in [0.29, 0.717) is 5.69 Å². The molecule has 0 aromatic carbocycles. The molecule has 5 nitrogen and oxygen atoms in total. The second-order valence-electron chi connectivity index (χ2n) is 5.10. The average Bonchev–Trinajstić information content (AvgIpc) is 2.77. The number of nitrogens with one attached hydrogen (secondary N) is 1. The summed E-state index contributed by atoms with van der Waals surface area (Å²) < 4.78 is 0. The van der Waals surface area contributed by atoms with Crippen LogP contribution < -0.4 is 5.32 Å². The van der Waals surface area contributed by atoms with Gasteiger partial charge in [0, 0.05) is 11.9 Å². The van der Waals surface area contributed by atoms with E-state index in [4.69, 9.17) is 5.11 Å². The Bertz CT molecular complexity index is 453. The van der Waals surface area contributed by atoms with Crippen molar-refractivity contribution in [3.05, 3.63) is 30.1 Å². The summed E-state index contributed by atoms with van der Waals surface area (Å²) >= 11 is 0. The predicted octanol–water partition coefficient (Wildman–Crippen LogP) is 1.53. The second-order valence-corrected chi connectivity index (χ2v) is 5.10. The Kier molecular flexibility index (Phi) is 4.14. The van der Waals surface area contributed by atoms with Crippen LogP contribution in [0.3, 0.4) is 0 Å². The topological polar surface area (TPSA) is 79.3 Å². The van der Waals surface area contributed by atoms with Crippen LogP contribution in [0.15, 0.2) is 24.4 Å². The van der Waals surface area contributed by atoms with Crippen LogP contribution in [0.1, 0.15) is 37.8 Å². The number of amides is 1. The first-order chi connectivity index (χ1) is 9.10. The van der Waals surface area contributed by atoms with Crippen LogP contribution in [0.4, 0.5) is 0 Å². The van der Waals surface area contributed by atoms with Crippen LogP contribution in [0.25, 0.3) is 0 Å². The van der Waals surface area contributed by atoms with E-state index in [1.54, 1.807) is 18.3 Å². The van der Waals surface area contributed by atoms with E-state index in [9.17, 15) is 9.59 Å². The number of nitrogens with zero attached hydrogens (tertiary/aromatic N) is 1. The van der Waals surface area contributed by atoms with Gasteiger partial charge in [-0.05, 0) is 25.0 Å². The first-order valence-corrected chi connectivity index (χ1v) is 6.52. The van der Waals surface area contributed by atoms with Crippen LogP contribution in [-0.2, 0) is 16.0 Å². The molecule has 0 unspecified atom stereocenters. The summed E-state index contributed by atoms with van der Waals surface area (Å²) in [6, 6.07) is 5.42. The van der Waals surface area contributed by atoms with Gasteiger partial charge in [-0.3, -0.25) is 14.6 Å². The highest BCUT2D eigenvalue weighted by atomic mass is 16.4. The van der Waals surface area contributed by atoms with Crippen molar-refractivity contribution in [3.8, 4) is 0 Å². The Morgan fingerprint density at radius 3 is 2.63 bits per heavy atom. The molecule has 1 aliphatic rings. The van der Waals surface area contributed by atoms with E-state index >= 15 is 0 Å². The van der Waals surface area contributed by atoms with Gasteiger partial charge >= 0.3 is 5.97 Å². The number of rotatable bonds is 5. The quantitative estimate of drug-likeness (QED) is 0.843. The number of carbonyl (C=O) groups is 2. The number of hydrogen-bond donors (Lipinski definition) is 2. The molecule has 1 amide bonds. The summed E-state index contributed by atoms with van der Waals surface area (Å²) in [5, 5.41) is 11.9. The van der Waals surface area contributed by atoms with Gasteiger partial charge in [-0.1, -0.05) is 18.9 Å². The molecule has 102 valence electrons.